The van der Waals surface area contributed by atoms with E-state index in [1.165, 1.54) is 13.0 Å². The Morgan fingerprint density at radius 3 is 2.44 bits per heavy atom. The molecule has 2 heterocycles. The third kappa shape index (κ3) is 3.90. The summed E-state index contributed by atoms with van der Waals surface area (Å²) in [5, 5.41) is 3.93. The molecule has 0 aliphatic carbocycles. The van der Waals surface area contributed by atoms with E-state index in [9.17, 15) is 13.2 Å². The van der Waals surface area contributed by atoms with Crippen LogP contribution < -0.4 is 5.32 Å². The maximum atomic E-state index is 13.2. The Morgan fingerprint density at radius 1 is 1.07 bits per heavy atom. The van der Waals surface area contributed by atoms with Gasteiger partial charge in [0.25, 0.3) is 0 Å². The first-order valence-electron chi connectivity index (χ1n) is 8.32. The number of fused-ring (bicyclic) bond motifs is 1. The number of nitrogens with one attached hydrogen (secondary N) is 1. The van der Waals surface area contributed by atoms with Crippen molar-refractivity contribution < 1.29 is 13.2 Å². The molecule has 4 nitrogen and oxygen atoms in total. The first kappa shape index (κ1) is 19.5. The molecule has 3 rings (SSSR count). The molecule has 0 fully saturated rings. The quantitative estimate of drug-likeness (QED) is 0.552. The van der Waals surface area contributed by atoms with Gasteiger partial charge in [0.1, 0.15) is 11.6 Å². The minimum atomic E-state index is -4.38. The standard InChI is InChI=1S/C19H18BrF3N4/c1-9-13(6-5-7-15(9)19(21,22)23)10(2)24-17-14-8-16(20)11(3)25-18(14)27-12(4)26-17/h5-8,10H,1-4H3,(H,24,25,26,27). The Hall–Kier alpha value is -2.22. The highest BCUT2D eigenvalue weighted by Gasteiger charge is 2.33. The third-order valence-electron chi connectivity index (χ3n) is 4.43. The van der Waals surface area contributed by atoms with Crippen LogP contribution in [0.25, 0.3) is 11.0 Å². The summed E-state index contributed by atoms with van der Waals surface area (Å²) in [6.45, 7) is 6.91. The minimum absolute atomic E-state index is 0.204. The lowest BCUT2D eigenvalue weighted by atomic mass is 9.97. The van der Waals surface area contributed by atoms with Crippen LogP contribution in [0.1, 0.15) is 41.2 Å². The second-order valence-electron chi connectivity index (χ2n) is 6.43. The maximum absolute atomic E-state index is 13.2. The van der Waals surface area contributed by atoms with E-state index < -0.39 is 11.7 Å². The summed E-state index contributed by atoms with van der Waals surface area (Å²) in [6.07, 6.45) is -4.38. The SMILES string of the molecule is Cc1nc(NC(C)c2cccc(C(F)(F)F)c2C)c2cc(Br)c(C)nc2n1. The maximum Gasteiger partial charge on any atom is 0.416 e. The predicted octanol–water partition coefficient (Wildman–Crippen LogP) is 5.90. The first-order valence-corrected chi connectivity index (χ1v) is 9.12. The van der Waals surface area contributed by atoms with E-state index in [1.807, 2.05) is 19.9 Å². The molecule has 1 aromatic carbocycles. The summed E-state index contributed by atoms with van der Waals surface area (Å²) in [6, 6.07) is 5.69. The van der Waals surface area contributed by atoms with Crippen molar-refractivity contribution in [1.29, 1.82) is 0 Å². The number of anilines is 1. The fraction of sp³-hybridized carbons (Fsp3) is 0.316. The summed E-state index contributed by atoms with van der Waals surface area (Å²) in [7, 11) is 0. The van der Waals surface area contributed by atoms with E-state index in [4.69, 9.17) is 0 Å². The highest BCUT2D eigenvalue weighted by Crippen LogP contribution is 2.35. The highest BCUT2D eigenvalue weighted by atomic mass is 79.9. The summed E-state index contributed by atoms with van der Waals surface area (Å²) in [4.78, 5) is 13.2. The van der Waals surface area contributed by atoms with Gasteiger partial charge in [-0.3, -0.25) is 0 Å². The molecule has 0 saturated heterocycles. The van der Waals surface area contributed by atoms with E-state index >= 15 is 0 Å². The molecule has 27 heavy (non-hydrogen) atoms. The fourth-order valence-electron chi connectivity index (χ4n) is 3.05. The molecule has 0 radical (unpaired) electrons. The molecule has 142 valence electrons. The summed E-state index contributed by atoms with van der Waals surface area (Å²) in [5.74, 6) is 1.07. The second kappa shape index (κ2) is 7.07. The van der Waals surface area contributed by atoms with E-state index in [2.05, 4.69) is 36.2 Å². The molecule has 0 amide bonds. The zero-order chi connectivity index (χ0) is 19.9. The topological polar surface area (TPSA) is 50.7 Å². The predicted molar refractivity (Wildman–Crippen MR) is 103 cm³/mol. The number of nitrogens with zero attached hydrogens (tertiary/aromatic N) is 3. The van der Waals surface area contributed by atoms with Gasteiger partial charge in [0.05, 0.1) is 22.7 Å². The van der Waals surface area contributed by atoms with Crippen molar-refractivity contribution in [2.45, 2.75) is 39.9 Å². The number of aromatic nitrogens is 3. The Kier molecular flexibility index (Phi) is 5.12. The van der Waals surface area contributed by atoms with Gasteiger partial charge in [0.15, 0.2) is 5.65 Å². The molecule has 2 aromatic heterocycles. The molecular formula is C19H18BrF3N4. The van der Waals surface area contributed by atoms with Crippen LogP contribution in [0.5, 0.6) is 0 Å². The number of hydrogen-bond acceptors (Lipinski definition) is 4. The van der Waals surface area contributed by atoms with Crippen molar-refractivity contribution in [2.24, 2.45) is 0 Å². The van der Waals surface area contributed by atoms with Crippen molar-refractivity contribution in [1.82, 2.24) is 15.0 Å². The number of hydrogen-bond donors (Lipinski definition) is 1. The number of benzene rings is 1. The zero-order valence-corrected chi connectivity index (χ0v) is 16.8. The Balaban J connectivity index is 2.05. The lowest BCUT2D eigenvalue weighted by Crippen LogP contribution is -2.14. The molecule has 0 saturated carbocycles. The molecule has 0 spiro atoms. The Bertz CT molecular complexity index is 1020. The number of halogens is 4. The smallest absolute Gasteiger partial charge is 0.363 e. The largest absolute Gasteiger partial charge is 0.416 e. The van der Waals surface area contributed by atoms with E-state index in [0.717, 1.165) is 16.2 Å². The molecule has 8 heteroatoms. The molecular weight excluding hydrogens is 421 g/mol. The van der Waals surface area contributed by atoms with E-state index in [1.54, 1.807) is 13.0 Å². The van der Waals surface area contributed by atoms with Crippen LogP contribution in [-0.4, -0.2) is 15.0 Å². The first-order chi connectivity index (χ1) is 12.6. The van der Waals surface area contributed by atoms with Gasteiger partial charge < -0.3 is 5.32 Å². The van der Waals surface area contributed by atoms with E-state index in [0.29, 0.717) is 28.2 Å². The number of alkyl halides is 3. The van der Waals surface area contributed by atoms with Gasteiger partial charge >= 0.3 is 6.18 Å². The van der Waals surface area contributed by atoms with Crippen LogP contribution in [0.3, 0.4) is 0 Å². The van der Waals surface area contributed by atoms with Crippen molar-refractivity contribution in [2.75, 3.05) is 5.32 Å². The molecule has 1 unspecified atom stereocenters. The number of aryl methyl sites for hydroxylation is 2. The van der Waals surface area contributed by atoms with Gasteiger partial charge in [-0.25, -0.2) is 15.0 Å². The van der Waals surface area contributed by atoms with Gasteiger partial charge in [-0.2, -0.15) is 13.2 Å². The molecule has 0 bridgehead atoms. The van der Waals surface area contributed by atoms with Crippen LogP contribution in [0.2, 0.25) is 0 Å². The van der Waals surface area contributed by atoms with Gasteiger partial charge in [0, 0.05) is 4.47 Å². The van der Waals surface area contributed by atoms with Crippen LogP contribution in [0.4, 0.5) is 19.0 Å². The van der Waals surface area contributed by atoms with Crippen LogP contribution in [0.15, 0.2) is 28.7 Å². The van der Waals surface area contributed by atoms with Crippen molar-refractivity contribution in [3.8, 4) is 0 Å². The normalized spacial score (nSPS) is 13.0. The van der Waals surface area contributed by atoms with Gasteiger partial charge in [-0.1, -0.05) is 12.1 Å². The number of pyridine rings is 1. The van der Waals surface area contributed by atoms with Crippen LogP contribution in [-0.2, 0) is 6.18 Å². The fourth-order valence-corrected chi connectivity index (χ4v) is 3.37. The van der Waals surface area contributed by atoms with Crippen molar-refractivity contribution in [3.05, 3.63) is 56.9 Å². The molecule has 1 atom stereocenters. The second-order valence-corrected chi connectivity index (χ2v) is 7.28. The van der Waals surface area contributed by atoms with Crippen molar-refractivity contribution in [3.63, 3.8) is 0 Å². The average Bonchev–Trinajstić information content (AvgIpc) is 2.55. The Labute approximate surface area is 163 Å². The molecule has 0 aliphatic rings. The van der Waals surface area contributed by atoms with Crippen molar-refractivity contribution >= 4 is 32.8 Å². The summed E-state index contributed by atoms with van der Waals surface area (Å²) in [5.41, 5.74) is 1.48. The zero-order valence-electron chi connectivity index (χ0n) is 15.2. The minimum Gasteiger partial charge on any atom is -0.363 e. The van der Waals surface area contributed by atoms with Gasteiger partial charge in [-0.15, -0.1) is 0 Å². The molecule has 1 N–H and O–H groups in total. The average molecular weight is 439 g/mol. The lowest BCUT2D eigenvalue weighted by molar-refractivity contribution is -0.138. The molecule has 3 aromatic rings. The monoisotopic (exact) mass is 438 g/mol. The van der Waals surface area contributed by atoms with Crippen LogP contribution >= 0.6 is 15.9 Å². The third-order valence-corrected chi connectivity index (χ3v) is 5.23. The van der Waals surface area contributed by atoms with E-state index in [-0.39, 0.29) is 11.6 Å². The Morgan fingerprint density at radius 2 is 1.78 bits per heavy atom. The van der Waals surface area contributed by atoms with Crippen LogP contribution in [0, 0.1) is 20.8 Å². The number of rotatable bonds is 3. The summed E-state index contributed by atoms with van der Waals surface area (Å²) >= 11 is 3.45. The highest BCUT2D eigenvalue weighted by molar-refractivity contribution is 9.10. The summed E-state index contributed by atoms with van der Waals surface area (Å²) < 4.78 is 40.4. The lowest BCUT2D eigenvalue weighted by Gasteiger charge is -2.21. The van der Waals surface area contributed by atoms with Gasteiger partial charge in [0.2, 0.25) is 0 Å². The molecule has 0 aliphatic heterocycles. The van der Waals surface area contributed by atoms with Gasteiger partial charge in [-0.05, 0) is 66.9 Å².